The molecule has 7 nitrogen and oxygen atoms in total. The van der Waals surface area contributed by atoms with Crippen molar-refractivity contribution in [3.8, 4) is 11.5 Å². The highest BCUT2D eigenvalue weighted by atomic mass is 16.5. The largest absolute Gasteiger partial charge is 0.493 e. The number of benzene rings is 1. The molecular weight excluding hydrogens is 358 g/mol. The summed E-state index contributed by atoms with van der Waals surface area (Å²) in [5.74, 6) is 1.74. The van der Waals surface area contributed by atoms with Crippen molar-refractivity contribution in [1.82, 2.24) is 15.4 Å². The molecule has 1 aromatic heterocycles. The number of aryl methyl sites for hydroxylation is 2. The predicted octanol–water partition coefficient (Wildman–Crippen LogP) is 3.09. The van der Waals surface area contributed by atoms with E-state index < -0.39 is 0 Å². The molecule has 1 amide bonds. The lowest BCUT2D eigenvalue weighted by atomic mass is 10.2. The van der Waals surface area contributed by atoms with Crippen molar-refractivity contribution in [3.63, 3.8) is 0 Å². The molecule has 1 N–H and O–H groups in total. The van der Waals surface area contributed by atoms with Gasteiger partial charge in [0.1, 0.15) is 12.4 Å². The van der Waals surface area contributed by atoms with Gasteiger partial charge in [0.25, 0.3) is 5.91 Å². The normalized spacial score (nSPS) is 14.2. The van der Waals surface area contributed by atoms with Crippen LogP contribution >= 0.6 is 0 Å². The molecule has 0 spiro atoms. The summed E-state index contributed by atoms with van der Waals surface area (Å²) in [5, 5.41) is 6.91. The minimum Gasteiger partial charge on any atom is -0.493 e. The van der Waals surface area contributed by atoms with Gasteiger partial charge in [-0.05, 0) is 70.9 Å². The topological polar surface area (TPSA) is 76.8 Å². The van der Waals surface area contributed by atoms with Gasteiger partial charge in [-0.15, -0.1) is 0 Å². The van der Waals surface area contributed by atoms with Gasteiger partial charge in [0, 0.05) is 12.1 Å². The lowest BCUT2D eigenvalue weighted by Gasteiger charge is -2.15. The zero-order valence-corrected chi connectivity index (χ0v) is 16.9. The number of hydrogen-bond acceptors (Lipinski definition) is 6. The molecule has 0 bridgehead atoms. The first-order valence-corrected chi connectivity index (χ1v) is 9.81. The second-order valence-corrected chi connectivity index (χ2v) is 7.12. The Balaban J connectivity index is 1.53. The zero-order chi connectivity index (χ0) is 19.9. The van der Waals surface area contributed by atoms with Crippen molar-refractivity contribution in [2.75, 3.05) is 33.3 Å². The number of nitrogens with one attached hydrogen (secondary N) is 1. The molecular formula is C21H29N3O4. The number of hydrogen-bond donors (Lipinski definition) is 1. The number of aromatic nitrogens is 1. The minimum atomic E-state index is -0.100. The van der Waals surface area contributed by atoms with Crippen molar-refractivity contribution in [1.29, 1.82) is 0 Å². The monoisotopic (exact) mass is 387 g/mol. The van der Waals surface area contributed by atoms with E-state index >= 15 is 0 Å². The number of carbonyl (C=O) groups is 1. The first-order valence-electron chi connectivity index (χ1n) is 9.81. The number of ether oxygens (including phenoxy) is 2. The number of methoxy groups -OCH3 is 1. The molecule has 1 aliphatic rings. The number of rotatable bonds is 9. The van der Waals surface area contributed by atoms with Gasteiger partial charge in [0.05, 0.1) is 18.4 Å². The predicted molar refractivity (Wildman–Crippen MR) is 106 cm³/mol. The Morgan fingerprint density at radius 1 is 1.25 bits per heavy atom. The fraction of sp³-hybridized carbons (Fsp3) is 0.524. The molecule has 0 aliphatic carbocycles. The first kappa shape index (κ1) is 20.2. The summed E-state index contributed by atoms with van der Waals surface area (Å²) in [7, 11) is 1.57. The second kappa shape index (κ2) is 9.59. The van der Waals surface area contributed by atoms with Crippen LogP contribution < -0.4 is 14.8 Å². The SMILES string of the molecule is COc1cc(C(=O)NCCCN2CCCC2)ccc1OCc1c(C)noc1C. The second-order valence-electron chi connectivity index (χ2n) is 7.12. The van der Waals surface area contributed by atoms with Crippen LogP contribution in [0.2, 0.25) is 0 Å². The minimum absolute atomic E-state index is 0.100. The lowest BCUT2D eigenvalue weighted by Crippen LogP contribution is -2.28. The fourth-order valence-corrected chi connectivity index (χ4v) is 3.40. The van der Waals surface area contributed by atoms with Crippen LogP contribution in [0.4, 0.5) is 0 Å². The Morgan fingerprint density at radius 3 is 2.71 bits per heavy atom. The summed E-state index contributed by atoms with van der Waals surface area (Å²) in [6, 6.07) is 5.22. The molecule has 1 saturated heterocycles. The van der Waals surface area contributed by atoms with Gasteiger partial charge in [-0.3, -0.25) is 4.79 Å². The Labute approximate surface area is 166 Å². The summed E-state index contributed by atoms with van der Waals surface area (Å²) in [5.41, 5.74) is 2.28. The molecule has 0 radical (unpaired) electrons. The van der Waals surface area contributed by atoms with Crippen LogP contribution in [0, 0.1) is 13.8 Å². The third-order valence-electron chi connectivity index (χ3n) is 5.11. The molecule has 3 rings (SSSR count). The van der Waals surface area contributed by atoms with E-state index in [0.29, 0.717) is 30.2 Å². The summed E-state index contributed by atoms with van der Waals surface area (Å²) in [4.78, 5) is 14.9. The molecule has 1 aliphatic heterocycles. The van der Waals surface area contributed by atoms with Crippen LogP contribution in [-0.2, 0) is 6.61 Å². The average Bonchev–Trinajstić information content (AvgIpc) is 3.33. The van der Waals surface area contributed by atoms with Gasteiger partial charge in [0.15, 0.2) is 11.5 Å². The van der Waals surface area contributed by atoms with Gasteiger partial charge in [-0.1, -0.05) is 5.16 Å². The third kappa shape index (κ3) is 5.04. The van der Waals surface area contributed by atoms with E-state index in [1.165, 1.54) is 25.9 Å². The Bertz CT molecular complexity index is 777. The van der Waals surface area contributed by atoms with Crippen molar-refractivity contribution < 1.29 is 18.8 Å². The van der Waals surface area contributed by atoms with Crippen molar-refractivity contribution in [2.45, 2.75) is 39.7 Å². The van der Waals surface area contributed by atoms with Crippen LogP contribution in [0.1, 0.15) is 46.6 Å². The van der Waals surface area contributed by atoms with Crippen LogP contribution in [-0.4, -0.2) is 49.3 Å². The van der Waals surface area contributed by atoms with Gasteiger partial charge < -0.3 is 24.2 Å². The molecule has 0 atom stereocenters. The smallest absolute Gasteiger partial charge is 0.251 e. The van der Waals surface area contributed by atoms with Gasteiger partial charge in [-0.25, -0.2) is 0 Å². The molecule has 1 fully saturated rings. The third-order valence-corrected chi connectivity index (χ3v) is 5.11. The summed E-state index contributed by atoms with van der Waals surface area (Å²) in [6.07, 6.45) is 3.54. The standard InChI is InChI=1S/C21H29N3O4/c1-15-18(16(2)28-23-15)14-27-19-8-7-17(13-20(19)26-3)21(25)22-9-6-12-24-10-4-5-11-24/h7-8,13H,4-6,9-12,14H2,1-3H3,(H,22,25). The maximum atomic E-state index is 12.4. The van der Waals surface area contributed by atoms with E-state index in [4.69, 9.17) is 14.0 Å². The molecule has 2 aromatic rings. The number of carbonyl (C=O) groups excluding carboxylic acids is 1. The fourth-order valence-electron chi connectivity index (χ4n) is 3.40. The molecule has 2 heterocycles. The maximum Gasteiger partial charge on any atom is 0.251 e. The molecule has 1 aromatic carbocycles. The van der Waals surface area contributed by atoms with E-state index in [0.717, 1.165) is 30.0 Å². The summed E-state index contributed by atoms with van der Waals surface area (Å²) >= 11 is 0. The molecule has 7 heteroatoms. The summed E-state index contributed by atoms with van der Waals surface area (Å²) in [6.45, 7) is 8.14. The van der Waals surface area contributed by atoms with E-state index in [-0.39, 0.29) is 5.91 Å². The van der Waals surface area contributed by atoms with Crippen molar-refractivity contribution in [2.24, 2.45) is 0 Å². The van der Waals surface area contributed by atoms with Crippen molar-refractivity contribution in [3.05, 3.63) is 40.8 Å². The lowest BCUT2D eigenvalue weighted by molar-refractivity contribution is 0.0951. The highest BCUT2D eigenvalue weighted by molar-refractivity contribution is 5.94. The van der Waals surface area contributed by atoms with Gasteiger partial charge in [-0.2, -0.15) is 0 Å². The molecule has 28 heavy (non-hydrogen) atoms. The molecule has 152 valence electrons. The molecule has 0 unspecified atom stereocenters. The number of nitrogens with zero attached hydrogens (tertiary/aromatic N) is 2. The Hall–Kier alpha value is -2.54. The van der Waals surface area contributed by atoms with Crippen LogP contribution in [0.5, 0.6) is 11.5 Å². The number of likely N-dealkylation sites (tertiary alicyclic amines) is 1. The van der Waals surface area contributed by atoms with E-state index in [1.807, 2.05) is 13.8 Å². The maximum absolute atomic E-state index is 12.4. The van der Waals surface area contributed by atoms with Crippen molar-refractivity contribution >= 4 is 5.91 Å². The van der Waals surface area contributed by atoms with Crippen LogP contribution in [0.15, 0.2) is 22.7 Å². The summed E-state index contributed by atoms with van der Waals surface area (Å²) < 4.78 is 16.4. The van der Waals surface area contributed by atoms with Crippen LogP contribution in [0.3, 0.4) is 0 Å². The zero-order valence-electron chi connectivity index (χ0n) is 16.9. The van der Waals surface area contributed by atoms with E-state index in [1.54, 1.807) is 25.3 Å². The average molecular weight is 387 g/mol. The van der Waals surface area contributed by atoms with Crippen LogP contribution in [0.25, 0.3) is 0 Å². The van der Waals surface area contributed by atoms with Gasteiger partial charge in [0.2, 0.25) is 0 Å². The highest BCUT2D eigenvalue weighted by Crippen LogP contribution is 2.29. The Morgan fingerprint density at radius 2 is 2.04 bits per heavy atom. The quantitative estimate of drug-likeness (QED) is 0.667. The molecule has 0 saturated carbocycles. The van der Waals surface area contributed by atoms with Gasteiger partial charge >= 0.3 is 0 Å². The highest BCUT2D eigenvalue weighted by Gasteiger charge is 2.15. The van der Waals surface area contributed by atoms with E-state index in [2.05, 4.69) is 15.4 Å². The first-order chi connectivity index (χ1) is 13.6. The Kier molecular flexibility index (Phi) is 6.92. The van der Waals surface area contributed by atoms with E-state index in [9.17, 15) is 4.79 Å². The number of amides is 1.